The maximum absolute atomic E-state index is 12.2. The zero-order valence-corrected chi connectivity index (χ0v) is 13.8. The van der Waals surface area contributed by atoms with Crippen LogP contribution in [0.1, 0.15) is 34.6 Å². The van der Waals surface area contributed by atoms with Crippen LogP contribution in [-0.4, -0.2) is 35.6 Å². The number of allylic oxidation sites excluding steroid dienone is 4. The van der Waals surface area contributed by atoms with Crippen LogP contribution in [0.3, 0.4) is 0 Å². The highest BCUT2D eigenvalue weighted by Crippen LogP contribution is 2.29. The Bertz CT molecular complexity index is 604. The molecule has 0 aliphatic carbocycles. The summed E-state index contributed by atoms with van der Waals surface area (Å²) in [6.07, 6.45) is 3.63. The third-order valence-electron chi connectivity index (χ3n) is 3.73. The summed E-state index contributed by atoms with van der Waals surface area (Å²) >= 11 is 0. The van der Waals surface area contributed by atoms with Crippen LogP contribution in [-0.2, 0) is 9.53 Å². The molecule has 2 aliphatic heterocycles. The Hall–Kier alpha value is -2.04. The second kappa shape index (κ2) is 5.06. The van der Waals surface area contributed by atoms with Gasteiger partial charge in [0.25, 0.3) is 5.91 Å². The van der Waals surface area contributed by atoms with Crippen molar-refractivity contribution in [3.05, 3.63) is 35.1 Å². The molecule has 0 saturated heterocycles. The summed E-state index contributed by atoms with van der Waals surface area (Å²) in [7, 11) is 3.62. The Morgan fingerprint density at radius 3 is 2.24 bits per heavy atom. The van der Waals surface area contributed by atoms with Crippen LogP contribution in [0, 0.1) is 5.41 Å². The molecule has 0 spiro atoms. The van der Waals surface area contributed by atoms with Gasteiger partial charge in [-0.25, -0.2) is 5.01 Å². The predicted octanol–water partition coefficient (Wildman–Crippen LogP) is 2.84. The zero-order valence-electron chi connectivity index (χ0n) is 13.8. The van der Waals surface area contributed by atoms with Gasteiger partial charge in [-0.15, -0.1) is 0 Å². The van der Waals surface area contributed by atoms with Gasteiger partial charge in [0, 0.05) is 19.5 Å². The first kappa shape index (κ1) is 15.4. The summed E-state index contributed by atoms with van der Waals surface area (Å²) in [5, 5.41) is 5.74. The van der Waals surface area contributed by atoms with E-state index >= 15 is 0 Å². The molecule has 0 aromatic rings. The molecule has 5 heteroatoms. The smallest absolute Gasteiger partial charge is 0.275 e. The maximum atomic E-state index is 12.2. The Labute approximate surface area is 126 Å². The summed E-state index contributed by atoms with van der Waals surface area (Å²) in [6, 6.07) is 0. The summed E-state index contributed by atoms with van der Waals surface area (Å²) in [6.45, 7) is 10.1. The largest absolute Gasteiger partial charge is 0.444 e. The average molecular weight is 289 g/mol. The van der Waals surface area contributed by atoms with Crippen molar-refractivity contribution in [3.63, 3.8) is 0 Å². The van der Waals surface area contributed by atoms with Crippen LogP contribution in [0.5, 0.6) is 0 Å². The number of hydrogen-bond donors (Lipinski definition) is 0. The van der Waals surface area contributed by atoms with E-state index in [1.165, 1.54) is 5.01 Å². The number of hydrazone groups is 1. The van der Waals surface area contributed by atoms with Crippen LogP contribution >= 0.6 is 0 Å². The highest BCUT2D eigenvalue weighted by Gasteiger charge is 2.34. The number of likely N-dealkylation sites (N-methyl/N-ethyl adjacent to an activating group) is 1. The van der Waals surface area contributed by atoms with Crippen molar-refractivity contribution >= 4 is 11.6 Å². The van der Waals surface area contributed by atoms with Crippen LogP contribution in [0.4, 0.5) is 0 Å². The number of ether oxygens (including phenoxy) is 1. The maximum Gasteiger partial charge on any atom is 0.275 e. The van der Waals surface area contributed by atoms with Crippen molar-refractivity contribution < 1.29 is 9.53 Å². The third-order valence-corrected chi connectivity index (χ3v) is 3.73. The van der Waals surface area contributed by atoms with Gasteiger partial charge in [0.15, 0.2) is 5.88 Å². The molecule has 0 unspecified atom stereocenters. The van der Waals surface area contributed by atoms with E-state index in [1.807, 2.05) is 52.6 Å². The standard InChI is InChI=1S/C16H23N3O2/c1-10-11(2)21-13(18(10)6)9-8-12-14(16(3,4)5)17-19(7)15(12)20/h8-9H,1-7H3/b12-8+,13-9+. The topological polar surface area (TPSA) is 45.1 Å². The normalized spacial score (nSPS) is 23.6. The number of carbonyl (C=O) groups is 1. The third kappa shape index (κ3) is 2.73. The molecule has 0 aromatic heterocycles. The molecule has 114 valence electrons. The molecule has 0 radical (unpaired) electrons. The van der Waals surface area contributed by atoms with Gasteiger partial charge in [-0.2, -0.15) is 5.10 Å². The molecule has 21 heavy (non-hydrogen) atoms. The average Bonchev–Trinajstić information content (AvgIpc) is 2.80. The highest BCUT2D eigenvalue weighted by atomic mass is 16.5. The minimum atomic E-state index is -0.183. The van der Waals surface area contributed by atoms with Gasteiger partial charge in [0.05, 0.1) is 17.0 Å². The molecule has 0 saturated carbocycles. The molecule has 0 atom stereocenters. The zero-order chi connectivity index (χ0) is 15.9. The molecule has 2 heterocycles. The molecular weight excluding hydrogens is 266 g/mol. The fraction of sp³-hybridized carbons (Fsp3) is 0.500. The van der Waals surface area contributed by atoms with Crippen LogP contribution in [0.15, 0.2) is 40.2 Å². The second-order valence-electron chi connectivity index (χ2n) is 6.42. The fourth-order valence-electron chi connectivity index (χ4n) is 2.23. The molecule has 0 bridgehead atoms. The quantitative estimate of drug-likeness (QED) is 0.697. The Morgan fingerprint density at radius 2 is 1.76 bits per heavy atom. The number of nitrogens with zero attached hydrogens (tertiary/aromatic N) is 3. The SMILES string of the molecule is CC1=C(C)N(C)/C(=C\C=C2\C(=O)N(C)N=C2C(C)(C)C)O1. The van der Waals surface area contributed by atoms with Crippen molar-refractivity contribution in [1.82, 2.24) is 9.91 Å². The number of carbonyl (C=O) groups excluding carboxylic acids is 1. The minimum absolute atomic E-state index is 0.0844. The molecule has 2 aliphatic rings. The van der Waals surface area contributed by atoms with Gasteiger partial charge in [-0.1, -0.05) is 20.8 Å². The van der Waals surface area contributed by atoms with Crippen molar-refractivity contribution in [2.45, 2.75) is 34.6 Å². The summed E-state index contributed by atoms with van der Waals surface area (Å²) in [4.78, 5) is 14.2. The van der Waals surface area contributed by atoms with Crippen molar-refractivity contribution in [2.75, 3.05) is 14.1 Å². The van der Waals surface area contributed by atoms with Crippen molar-refractivity contribution in [1.29, 1.82) is 0 Å². The molecule has 0 N–H and O–H groups in total. The van der Waals surface area contributed by atoms with Gasteiger partial charge < -0.3 is 9.64 Å². The number of amides is 1. The van der Waals surface area contributed by atoms with Gasteiger partial charge in [-0.05, 0) is 26.0 Å². The van der Waals surface area contributed by atoms with E-state index in [0.717, 1.165) is 17.2 Å². The number of hydrogen-bond acceptors (Lipinski definition) is 4. The lowest BCUT2D eigenvalue weighted by molar-refractivity contribution is -0.124. The molecular formula is C16H23N3O2. The predicted molar refractivity (Wildman–Crippen MR) is 83.0 cm³/mol. The lowest BCUT2D eigenvalue weighted by Gasteiger charge is -2.17. The summed E-state index contributed by atoms with van der Waals surface area (Å²) in [5.74, 6) is 1.51. The molecule has 0 fully saturated rings. The highest BCUT2D eigenvalue weighted by molar-refractivity contribution is 6.26. The van der Waals surface area contributed by atoms with E-state index in [-0.39, 0.29) is 11.3 Å². The van der Waals surface area contributed by atoms with E-state index in [4.69, 9.17) is 4.74 Å². The lowest BCUT2D eigenvalue weighted by atomic mass is 9.85. The minimum Gasteiger partial charge on any atom is -0.444 e. The van der Waals surface area contributed by atoms with E-state index in [2.05, 4.69) is 5.10 Å². The van der Waals surface area contributed by atoms with E-state index in [0.29, 0.717) is 11.5 Å². The van der Waals surface area contributed by atoms with Gasteiger partial charge in [0.1, 0.15) is 5.76 Å². The molecule has 5 nitrogen and oxygen atoms in total. The Kier molecular flexibility index (Phi) is 3.70. The van der Waals surface area contributed by atoms with Gasteiger partial charge >= 0.3 is 0 Å². The number of rotatable bonds is 1. The fourth-order valence-corrected chi connectivity index (χ4v) is 2.23. The van der Waals surface area contributed by atoms with E-state index in [1.54, 1.807) is 13.1 Å². The van der Waals surface area contributed by atoms with Gasteiger partial charge in [-0.3, -0.25) is 4.79 Å². The first-order valence-corrected chi connectivity index (χ1v) is 7.01. The van der Waals surface area contributed by atoms with Crippen LogP contribution in [0.2, 0.25) is 0 Å². The molecule has 0 aromatic carbocycles. The van der Waals surface area contributed by atoms with Crippen molar-refractivity contribution in [2.24, 2.45) is 10.5 Å². The first-order chi connectivity index (χ1) is 9.62. The van der Waals surface area contributed by atoms with Crippen LogP contribution in [0.25, 0.3) is 0 Å². The van der Waals surface area contributed by atoms with Crippen LogP contribution < -0.4 is 0 Å². The van der Waals surface area contributed by atoms with E-state index in [9.17, 15) is 4.79 Å². The van der Waals surface area contributed by atoms with E-state index < -0.39 is 0 Å². The monoisotopic (exact) mass is 289 g/mol. The Morgan fingerprint density at radius 1 is 1.14 bits per heavy atom. The lowest BCUT2D eigenvalue weighted by Crippen LogP contribution is -2.23. The molecule has 1 amide bonds. The van der Waals surface area contributed by atoms with Crippen molar-refractivity contribution in [3.8, 4) is 0 Å². The first-order valence-electron chi connectivity index (χ1n) is 7.01. The summed E-state index contributed by atoms with van der Waals surface area (Å²) in [5.41, 5.74) is 2.31. The second-order valence-corrected chi connectivity index (χ2v) is 6.42. The summed E-state index contributed by atoms with van der Waals surface area (Å²) < 4.78 is 5.69. The Balaban J connectivity index is 2.33. The van der Waals surface area contributed by atoms with Gasteiger partial charge in [0.2, 0.25) is 0 Å². The molecule has 2 rings (SSSR count).